The van der Waals surface area contributed by atoms with Crippen LogP contribution in [-0.4, -0.2) is 5.91 Å². The van der Waals surface area contributed by atoms with Crippen LogP contribution in [0.15, 0.2) is 66.0 Å². The van der Waals surface area contributed by atoms with Gasteiger partial charge in [0, 0.05) is 16.2 Å². The maximum Gasteiger partial charge on any atom is 0.416 e. The van der Waals surface area contributed by atoms with Crippen LogP contribution in [-0.2, 0) is 17.5 Å². The molecule has 4 rings (SSSR count). The Hall–Kier alpha value is -2.60. The molecule has 2 aromatic carbocycles. The predicted octanol–water partition coefficient (Wildman–Crippen LogP) is 6.38. The van der Waals surface area contributed by atoms with Gasteiger partial charge in [0.25, 0.3) is 0 Å². The van der Waals surface area contributed by atoms with Gasteiger partial charge in [0.2, 0.25) is 5.91 Å². The molecular formula is C22H18F3NOS. The van der Waals surface area contributed by atoms with Crippen LogP contribution < -0.4 is 4.90 Å². The monoisotopic (exact) mass is 401 g/mol. The fraction of sp³-hybridized carbons (Fsp3) is 0.227. The number of halogens is 3. The highest BCUT2D eigenvalue weighted by molar-refractivity contribution is 7.14. The summed E-state index contributed by atoms with van der Waals surface area (Å²) in [5, 5.41) is 1.94. The highest BCUT2D eigenvalue weighted by Crippen LogP contribution is 2.37. The summed E-state index contributed by atoms with van der Waals surface area (Å²) < 4.78 is 38.4. The zero-order valence-electron chi connectivity index (χ0n) is 14.9. The van der Waals surface area contributed by atoms with Gasteiger partial charge in [-0.3, -0.25) is 4.79 Å². The van der Waals surface area contributed by atoms with Crippen LogP contribution in [0.1, 0.15) is 24.0 Å². The minimum Gasteiger partial charge on any atom is -0.307 e. The SMILES string of the molecule is O=C(C1CC1)N(Cc1ccc(C(F)(F)F)cc1)c1csc(-c2ccccc2)c1. The molecule has 1 amide bonds. The molecule has 1 heterocycles. The Bertz CT molecular complexity index is 959. The number of carbonyl (C=O) groups excluding carboxylic acids is 1. The largest absolute Gasteiger partial charge is 0.416 e. The molecule has 0 unspecified atom stereocenters. The van der Waals surface area contributed by atoms with Gasteiger partial charge in [-0.1, -0.05) is 42.5 Å². The Morgan fingerprint density at radius 3 is 2.32 bits per heavy atom. The second-order valence-corrected chi connectivity index (χ2v) is 7.84. The van der Waals surface area contributed by atoms with E-state index in [1.165, 1.54) is 12.1 Å². The quantitative estimate of drug-likeness (QED) is 0.486. The van der Waals surface area contributed by atoms with Crippen LogP contribution in [0, 0.1) is 5.92 Å². The van der Waals surface area contributed by atoms with Crippen molar-refractivity contribution >= 4 is 22.9 Å². The van der Waals surface area contributed by atoms with Crippen LogP contribution >= 0.6 is 11.3 Å². The van der Waals surface area contributed by atoms with Crippen molar-refractivity contribution < 1.29 is 18.0 Å². The summed E-state index contributed by atoms with van der Waals surface area (Å²) in [6.45, 7) is 0.262. The maximum absolute atomic E-state index is 12.8. The first-order valence-electron chi connectivity index (χ1n) is 9.03. The van der Waals surface area contributed by atoms with Crippen molar-refractivity contribution in [3.63, 3.8) is 0 Å². The number of hydrogen-bond donors (Lipinski definition) is 0. The van der Waals surface area contributed by atoms with E-state index in [0.29, 0.717) is 5.56 Å². The molecule has 0 spiro atoms. The van der Waals surface area contributed by atoms with E-state index in [0.717, 1.165) is 41.1 Å². The van der Waals surface area contributed by atoms with Crippen molar-refractivity contribution in [2.75, 3.05) is 4.90 Å². The van der Waals surface area contributed by atoms with Gasteiger partial charge in [0.15, 0.2) is 0 Å². The van der Waals surface area contributed by atoms with E-state index in [2.05, 4.69) is 0 Å². The van der Waals surface area contributed by atoms with Crippen molar-refractivity contribution in [3.05, 3.63) is 77.2 Å². The Balaban J connectivity index is 1.60. The number of benzene rings is 2. The second-order valence-electron chi connectivity index (χ2n) is 6.93. The van der Waals surface area contributed by atoms with Crippen molar-refractivity contribution in [1.29, 1.82) is 0 Å². The van der Waals surface area contributed by atoms with Crippen molar-refractivity contribution in [1.82, 2.24) is 0 Å². The standard InChI is InChI=1S/C22H18F3NOS/c23-22(24,25)18-10-6-15(7-11-18)13-26(21(27)17-8-9-17)19-12-20(28-14-19)16-4-2-1-3-5-16/h1-7,10-12,14,17H,8-9,13H2. The van der Waals surface area contributed by atoms with Crippen molar-refractivity contribution in [2.24, 2.45) is 5.92 Å². The molecule has 6 heteroatoms. The number of carbonyl (C=O) groups is 1. The van der Waals surface area contributed by atoms with Gasteiger partial charge in [0.05, 0.1) is 17.8 Å². The summed E-state index contributed by atoms with van der Waals surface area (Å²) in [5.74, 6) is 0.0619. The molecule has 0 bridgehead atoms. The lowest BCUT2D eigenvalue weighted by molar-refractivity contribution is -0.137. The average molecular weight is 401 g/mol. The van der Waals surface area contributed by atoms with Crippen molar-refractivity contribution in [2.45, 2.75) is 25.6 Å². The van der Waals surface area contributed by atoms with E-state index in [1.54, 1.807) is 16.2 Å². The van der Waals surface area contributed by atoms with Crippen LogP contribution in [0.25, 0.3) is 10.4 Å². The van der Waals surface area contributed by atoms with E-state index in [4.69, 9.17) is 0 Å². The van der Waals surface area contributed by atoms with Gasteiger partial charge in [-0.05, 0) is 42.2 Å². The lowest BCUT2D eigenvalue weighted by atomic mass is 10.1. The normalized spacial score (nSPS) is 14.1. The van der Waals surface area contributed by atoms with E-state index in [1.807, 2.05) is 41.8 Å². The Morgan fingerprint density at radius 2 is 1.71 bits per heavy atom. The van der Waals surface area contributed by atoms with Crippen LogP contribution in [0.2, 0.25) is 0 Å². The first kappa shape index (κ1) is 18.7. The molecule has 3 aromatic rings. The summed E-state index contributed by atoms with van der Waals surface area (Å²) in [5.41, 5.74) is 1.86. The van der Waals surface area contributed by atoms with Gasteiger partial charge in [-0.25, -0.2) is 0 Å². The molecule has 0 radical (unpaired) electrons. The summed E-state index contributed by atoms with van der Waals surface area (Å²) >= 11 is 1.55. The number of thiophene rings is 1. The number of rotatable bonds is 5. The third-order valence-electron chi connectivity index (χ3n) is 4.77. The molecule has 0 N–H and O–H groups in total. The van der Waals surface area contributed by atoms with E-state index >= 15 is 0 Å². The van der Waals surface area contributed by atoms with Crippen LogP contribution in [0.5, 0.6) is 0 Å². The first-order chi connectivity index (χ1) is 13.4. The Kier molecular flexibility index (Phi) is 4.98. The minimum absolute atomic E-state index is 0.0227. The molecule has 1 aliphatic carbocycles. The third-order valence-corrected chi connectivity index (χ3v) is 5.74. The molecule has 28 heavy (non-hydrogen) atoms. The number of hydrogen-bond acceptors (Lipinski definition) is 2. The number of alkyl halides is 3. The lowest BCUT2D eigenvalue weighted by Crippen LogP contribution is -2.31. The smallest absolute Gasteiger partial charge is 0.307 e. The number of amides is 1. The first-order valence-corrected chi connectivity index (χ1v) is 9.91. The molecule has 1 fully saturated rings. The van der Waals surface area contributed by atoms with E-state index in [-0.39, 0.29) is 18.4 Å². The van der Waals surface area contributed by atoms with E-state index in [9.17, 15) is 18.0 Å². The molecule has 144 valence electrons. The maximum atomic E-state index is 12.8. The zero-order valence-corrected chi connectivity index (χ0v) is 15.8. The summed E-state index contributed by atoms with van der Waals surface area (Å²) in [6, 6.07) is 16.9. The van der Waals surface area contributed by atoms with Gasteiger partial charge < -0.3 is 4.90 Å². The fourth-order valence-electron chi connectivity index (χ4n) is 3.05. The summed E-state index contributed by atoms with van der Waals surface area (Å²) in [4.78, 5) is 15.6. The molecule has 2 nitrogen and oxygen atoms in total. The van der Waals surface area contributed by atoms with Crippen molar-refractivity contribution in [3.8, 4) is 10.4 Å². The van der Waals surface area contributed by atoms with Gasteiger partial charge >= 0.3 is 6.18 Å². The third kappa shape index (κ3) is 4.12. The number of nitrogens with zero attached hydrogens (tertiary/aromatic N) is 1. The second kappa shape index (κ2) is 7.43. The van der Waals surface area contributed by atoms with Crippen LogP contribution in [0.4, 0.5) is 18.9 Å². The van der Waals surface area contributed by atoms with Crippen LogP contribution in [0.3, 0.4) is 0 Å². The number of anilines is 1. The van der Waals surface area contributed by atoms with Gasteiger partial charge in [-0.2, -0.15) is 13.2 Å². The molecular weight excluding hydrogens is 383 g/mol. The molecule has 1 aliphatic rings. The molecule has 0 aliphatic heterocycles. The average Bonchev–Trinajstić information content (AvgIpc) is 3.43. The van der Waals surface area contributed by atoms with Gasteiger partial charge in [0.1, 0.15) is 0 Å². The Morgan fingerprint density at radius 1 is 1.04 bits per heavy atom. The highest BCUT2D eigenvalue weighted by Gasteiger charge is 2.35. The molecule has 0 atom stereocenters. The molecule has 1 aromatic heterocycles. The molecule has 0 saturated heterocycles. The minimum atomic E-state index is -4.36. The zero-order chi connectivity index (χ0) is 19.7. The molecule has 1 saturated carbocycles. The topological polar surface area (TPSA) is 20.3 Å². The summed E-state index contributed by atoms with van der Waals surface area (Å²) in [7, 11) is 0. The highest BCUT2D eigenvalue weighted by atomic mass is 32.1. The Labute approximate surface area is 165 Å². The van der Waals surface area contributed by atoms with E-state index < -0.39 is 11.7 Å². The van der Waals surface area contributed by atoms with Gasteiger partial charge in [-0.15, -0.1) is 11.3 Å². The summed E-state index contributed by atoms with van der Waals surface area (Å²) in [6.07, 6.45) is -2.62. The lowest BCUT2D eigenvalue weighted by Gasteiger charge is -2.22. The predicted molar refractivity (Wildman–Crippen MR) is 105 cm³/mol. The fourth-order valence-corrected chi connectivity index (χ4v) is 3.95.